The summed E-state index contributed by atoms with van der Waals surface area (Å²) >= 11 is 0. The van der Waals surface area contributed by atoms with Crippen molar-refractivity contribution in [1.29, 1.82) is 0 Å². The number of alkyl halides is 3. The Morgan fingerprint density at radius 2 is 1.89 bits per heavy atom. The summed E-state index contributed by atoms with van der Waals surface area (Å²) < 4.78 is 88.3. The van der Waals surface area contributed by atoms with Crippen LogP contribution in [0, 0.1) is 5.92 Å². The monoisotopic (exact) mass is 779 g/mol. The van der Waals surface area contributed by atoms with Crippen LogP contribution in [0.3, 0.4) is 0 Å². The fourth-order valence-corrected chi connectivity index (χ4v) is 8.83. The maximum absolute atomic E-state index is 14.5. The number of carbonyl (C=O) groups excluding carboxylic acids is 3. The minimum Gasteiger partial charge on any atom is -0.497 e. The Kier molecular flexibility index (Phi) is 9.16. The van der Waals surface area contributed by atoms with Gasteiger partial charge in [0.2, 0.25) is 21.8 Å². The summed E-state index contributed by atoms with van der Waals surface area (Å²) in [6.45, 7) is 0.585. The minimum atomic E-state index is -5.02. The molecule has 4 heterocycles. The Morgan fingerprint density at radius 1 is 1.13 bits per heavy atom. The van der Waals surface area contributed by atoms with Gasteiger partial charge in [-0.15, -0.1) is 0 Å². The molecule has 1 aromatic heterocycles. The van der Waals surface area contributed by atoms with Gasteiger partial charge in [-0.25, -0.2) is 18.2 Å². The largest absolute Gasteiger partial charge is 0.497 e. The van der Waals surface area contributed by atoms with Crippen molar-refractivity contribution < 1.29 is 60.1 Å². The zero-order valence-electron chi connectivity index (χ0n) is 29.5. The predicted molar refractivity (Wildman–Crippen MR) is 183 cm³/mol. The van der Waals surface area contributed by atoms with E-state index in [1.165, 1.54) is 32.2 Å². The molecule has 2 aliphatic carbocycles. The number of fused-ring (bicyclic) bond motifs is 5. The predicted octanol–water partition coefficient (Wildman–Crippen LogP) is 3.40. The van der Waals surface area contributed by atoms with Crippen LogP contribution in [-0.2, 0) is 30.6 Å². The Bertz CT molecular complexity index is 2060. The number of nitrogens with one attached hydrogen (secondary N) is 3. The molecule has 4 N–H and O–H groups in total. The Balaban J connectivity index is 1.27. The molecule has 1 spiro atoms. The molecule has 15 nitrogen and oxygen atoms in total. The molecule has 3 aliphatic heterocycles. The van der Waals surface area contributed by atoms with Crippen molar-refractivity contribution in [3.8, 4) is 17.2 Å². The number of carboxylic acid groups (broad SMARTS) is 1. The maximum Gasteiger partial charge on any atom is 0.437 e. The van der Waals surface area contributed by atoms with Gasteiger partial charge in [0.25, 0.3) is 5.91 Å². The van der Waals surface area contributed by atoms with Gasteiger partial charge in [0, 0.05) is 17.7 Å². The Morgan fingerprint density at radius 3 is 2.57 bits per heavy atom. The molecular formula is C35H40F3N5O10S. The van der Waals surface area contributed by atoms with Crippen molar-refractivity contribution in [3.05, 3.63) is 36.0 Å². The lowest BCUT2D eigenvalue weighted by Gasteiger charge is -2.36. The van der Waals surface area contributed by atoms with E-state index in [1.807, 2.05) is 6.08 Å². The molecule has 1 saturated heterocycles. The standard InChI is InChI=1S/C35H40F3N5O10S/c1-32(12-13-32)54(49,50)42-30(46)34-15-19(34)8-6-4-3-5-7-9-23(40-31(47)48)29(45)43-17-33(16-24(43)28(44)41-34)18-52-25-21-14-20(51-2)10-11-22(21)39-27(26(25)53-33)35(36,37)38/h6,8,10-11,14,19,23-24,40H,3-5,7,9,12-13,15-18H2,1-2H3,(H,41,44)(H,42,46)(H,47,48)/t19-,23+,24+,33-,34-/m1/s1. The van der Waals surface area contributed by atoms with Gasteiger partial charge in [-0.2, -0.15) is 13.2 Å². The molecule has 19 heteroatoms. The average Bonchev–Trinajstić information content (AvgIpc) is 4.00. The molecule has 0 radical (unpaired) electrons. The highest BCUT2D eigenvalue weighted by atomic mass is 32.2. The van der Waals surface area contributed by atoms with Gasteiger partial charge < -0.3 is 34.9 Å². The number of pyridine rings is 1. The number of amides is 4. The van der Waals surface area contributed by atoms with E-state index >= 15 is 0 Å². The number of hydrogen-bond acceptors (Lipinski definition) is 10. The lowest BCUT2D eigenvalue weighted by Crippen LogP contribution is -2.58. The van der Waals surface area contributed by atoms with E-state index in [0.29, 0.717) is 44.3 Å². The van der Waals surface area contributed by atoms with E-state index in [-0.39, 0.29) is 29.5 Å². The summed E-state index contributed by atoms with van der Waals surface area (Å²) in [6, 6.07) is 1.39. The van der Waals surface area contributed by atoms with Gasteiger partial charge in [0.15, 0.2) is 22.8 Å². The fourth-order valence-electron chi connectivity index (χ4n) is 7.51. The quantitative estimate of drug-likeness (QED) is 0.324. The summed E-state index contributed by atoms with van der Waals surface area (Å²) in [5, 5.41) is 14.7. The number of nitrogens with zero attached hydrogens (tertiary/aromatic N) is 2. The number of halogens is 3. The lowest BCUT2D eigenvalue weighted by atomic mass is 9.98. The number of ether oxygens (including phenoxy) is 3. The van der Waals surface area contributed by atoms with E-state index in [1.54, 1.807) is 6.08 Å². The van der Waals surface area contributed by atoms with Crippen molar-refractivity contribution in [2.75, 3.05) is 20.3 Å². The van der Waals surface area contributed by atoms with Crippen LogP contribution in [0.4, 0.5) is 18.0 Å². The third-order valence-corrected chi connectivity index (χ3v) is 13.2. The third kappa shape index (κ3) is 6.74. The van der Waals surface area contributed by atoms with Gasteiger partial charge in [0.1, 0.15) is 30.0 Å². The van der Waals surface area contributed by atoms with Crippen LogP contribution in [-0.4, -0.2) is 95.5 Å². The third-order valence-electron chi connectivity index (χ3n) is 11.1. The SMILES string of the molecule is COc1ccc2nc(C(F)(F)F)c3c(c2c1)OC[C@]1(C[C@H]2C(=O)N[C@]4(C(=O)NS(=O)(=O)C5(C)CC5)C[C@H]4C=CCCCCC[C@H](NC(=O)O)C(=O)N2C1)O3. The summed E-state index contributed by atoms with van der Waals surface area (Å²) in [5.74, 6) is -3.99. The molecule has 5 aliphatic rings. The highest BCUT2D eigenvalue weighted by molar-refractivity contribution is 7.91. The van der Waals surface area contributed by atoms with E-state index in [0.717, 1.165) is 4.90 Å². The molecule has 2 aromatic rings. The molecule has 4 amide bonds. The number of aromatic nitrogens is 1. The van der Waals surface area contributed by atoms with E-state index in [9.17, 15) is 45.9 Å². The molecular weight excluding hydrogens is 739 g/mol. The number of hydrogen-bond donors (Lipinski definition) is 4. The summed E-state index contributed by atoms with van der Waals surface area (Å²) in [4.78, 5) is 59.1. The number of methoxy groups -OCH3 is 1. The second-order valence-electron chi connectivity index (χ2n) is 15.0. The number of sulfonamides is 1. The molecule has 292 valence electrons. The van der Waals surface area contributed by atoms with Gasteiger partial charge in [0.05, 0.1) is 23.9 Å². The first-order chi connectivity index (χ1) is 25.4. The fraction of sp³-hybridized carbons (Fsp3) is 0.571. The van der Waals surface area contributed by atoms with Crippen LogP contribution in [0.15, 0.2) is 30.4 Å². The maximum atomic E-state index is 14.5. The van der Waals surface area contributed by atoms with E-state index in [4.69, 9.17) is 14.2 Å². The van der Waals surface area contributed by atoms with Crippen molar-refractivity contribution in [2.45, 2.75) is 98.9 Å². The van der Waals surface area contributed by atoms with Crippen LogP contribution in [0.1, 0.15) is 70.4 Å². The van der Waals surface area contributed by atoms with Gasteiger partial charge in [-0.3, -0.25) is 19.1 Å². The molecule has 2 saturated carbocycles. The van der Waals surface area contributed by atoms with Gasteiger partial charge in [-0.1, -0.05) is 25.0 Å². The summed E-state index contributed by atoms with van der Waals surface area (Å²) in [5.41, 5.74) is -4.92. The van der Waals surface area contributed by atoms with Crippen molar-refractivity contribution >= 4 is 44.7 Å². The molecule has 0 bridgehead atoms. The molecule has 7 rings (SSSR count). The zero-order valence-corrected chi connectivity index (χ0v) is 30.3. The molecule has 54 heavy (non-hydrogen) atoms. The molecule has 1 aromatic carbocycles. The number of rotatable bonds is 5. The highest BCUT2D eigenvalue weighted by Crippen LogP contribution is 2.51. The van der Waals surface area contributed by atoms with Crippen molar-refractivity contribution in [3.63, 3.8) is 0 Å². The zero-order chi connectivity index (χ0) is 38.8. The molecule has 5 atom stereocenters. The van der Waals surface area contributed by atoms with Gasteiger partial charge in [-0.05, 0) is 63.6 Å². The second-order valence-corrected chi connectivity index (χ2v) is 17.2. The Labute approximate surface area is 308 Å². The lowest BCUT2D eigenvalue weighted by molar-refractivity contribution is -0.145. The first-order valence-corrected chi connectivity index (χ1v) is 19.2. The first-order valence-electron chi connectivity index (χ1n) is 17.7. The minimum absolute atomic E-state index is 0.0481. The number of carbonyl (C=O) groups is 4. The first kappa shape index (κ1) is 37.5. The van der Waals surface area contributed by atoms with Crippen LogP contribution < -0.4 is 29.6 Å². The smallest absolute Gasteiger partial charge is 0.437 e. The van der Waals surface area contributed by atoms with Crippen LogP contribution in [0.5, 0.6) is 17.2 Å². The molecule has 3 fully saturated rings. The highest BCUT2D eigenvalue weighted by Gasteiger charge is 2.64. The summed E-state index contributed by atoms with van der Waals surface area (Å²) in [7, 11) is -2.73. The molecule has 0 unspecified atom stereocenters. The normalized spacial score (nSPS) is 29.3. The summed E-state index contributed by atoms with van der Waals surface area (Å²) in [6.07, 6.45) is -0.292. The average molecular weight is 780 g/mol. The van der Waals surface area contributed by atoms with Crippen LogP contribution >= 0.6 is 0 Å². The number of benzene rings is 1. The van der Waals surface area contributed by atoms with Crippen LogP contribution in [0.2, 0.25) is 0 Å². The van der Waals surface area contributed by atoms with Crippen molar-refractivity contribution in [2.24, 2.45) is 5.92 Å². The van der Waals surface area contributed by atoms with Crippen LogP contribution in [0.25, 0.3) is 10.9 Å². The second kappa shape index (κ2) is 13.2. The van der Waals surface area contributed by atoms with Gasteiger partial charge >= 0.3 is 12.3 Å². The number of allylic oxidation sites excluding steroid dienone is 1. The Hall–Kier alpha value is -4.81. The van der Waals surface area contributed by atoms with E-state index < -0.39 is 105 Å². The van der Waals surface area contributed by atoms with E-state index in [2.05, 4.69) is 20.3 Å². The topological polar surface area (TPSA) is 203 Å². The van der Waals surface area contributed by atoms with Crippen molar-refractivity contribution in [1.82, 2.24) is 25.2 Å².